The molecule has 1 heterocycles. The van der Waals surface area contributed by atoms with E-state index in [1.54, 1.807) is 13.0 Å². The summed E-state index contributed by atoms with van der Waals surface area (Å²) in [5.41, 5.74) is 0.728. The van der Waals surface area contributed by atoms with Gasteiger partial charge in [-0.05, 0) is 24.5 Å². The predicted molar refractivity (Wildman–Crippen MR) is 50.8 cm³/mol. The van der Waals surface area contributed by atoms with Gasteiger partial charge in [0.15, 0.2) is 0 Å². The lowest BCUT2D eigenvalue weighted by atomic mass is 10.3. The summed E-state index contributed by atoms with van der Waals surface area (Å²) in [5, 5.41) is 2.82. The minimum Gasteiger partial charge on any atom is -0.316 e. The van der Waals surface area contributed by atoms with Crippen molar-refractivity contribution in [2.75, 3.05) is 5.32 Å². The van der Waals surface area contributed by atoms with Crippen LogP contribution in [0.15, 0.2) is 6.07 Å². The molecule has 0 radical (unpaired) electrons. The number of rotatable bonds is 3. The van der Waals surface area contributed by atoms with Crippen molar-refractivity contribution in [2.45, 2.75) is 25.9 Å². The molecule has 1 aromatic heterocycles. The van der Waals surface area contributed by atoms with Gasteiger partial charge in [0.25, 0.3) is 0 Å². The number of aromatic nitrogens is 1. The largest absolute Gasteiger partial charge is 0.389 e. The van der Waals surface area contributed by atoms with E-state index >= 15 is 0 Å². The summed E-state index contributed by atoms with van der Waals surface area (Å²) >= 11 is 1.05. The summed E-state index contributed by atoms with van der Waals surface area (Å²) in [7, 11) is 0. The first kappa shape index (κ1) is 12.0. The second kappa shape index (κ2) is 4.61. The maximum atomic E-state index is 11.8. The van der Waals surface area contributed by atoms with E-state index in [2.05, 4.69) is 9.69 Å². The van der Waals surface area contributed by atoms with Crippen molar-refractivity contribution in [3.63, 3.8) is 0 Å². The van der Waals surface area contributed by atoms with Crippen LogP contribution in [0.4, 0.5) is 18.2 Å². The molecule has 0 bridgehead atoms. The molecule has 84 valence electrons. The van der Waals surface area contributed by atoms with E-state index < -0.39 is 24.9 Å². The molecule has 3 nitrogen and oxygen atoms in total. The lowest BCUT2D eigenvalue weighted by Gasteiger charge is -2.05. The molecule has 0 aliphatic heterocycles. The summed E-state index contributed by atoms with van der Waals surface area (Å²) < 4.78 is 39.2. The standard InChI is InChI=1S/C8H9F3N2OS/c1-5-4-7(15-13-5)12-6(14)2-3-8(9,10)11/h4H,2-3H2,1H3,(H,12,14). The van der Waals surface area contributed by atoms with Crippen LogP contribution in [-0.2, 0) is 4.79 Å². The second-order valence-electron chi connectivity index (χ2n) is 3.00. The van der Waals surface area contributed by atoms with Crippen molar-refractivity contribution >= 4 is 22.4 Å². The molecule has 1 N–H and O–H groups in total. The zero-order chi connectivity index (χ0) is 11.5. The molecule has 0 fully saturated rings. The predicted octanol–water partition coefficient (Wildman–Crippen LogP) is 2.73. The highest BCUT2D eigenvalue weighted by atomic mass is 32.1. The van der Waals surface area contributed by atoms with Gasteiger partial charge in [-0.3, -0.25) is 4.79 Å². The average Bonchev–Trinajstić information content (AvgIpc) is 2.47. The molecule has 0 atom stereocenters. The Hall–Kier alpha value is -1.11. The topological polar surface area (TPSA) is 42.0 Å². The molecule has 1 rings (SSSR count). The minimum absolute atomic E-state index is 0.472. The Morgan fingerprint density at radius 2 is 2.27 bits per heavy atom. The molecule has 1 aromatic rings. The van der Waals surface area contributed by atoms with E-state index in [9.17, 15) is 18.0 Å². The van der Waals surface area contributed by atoms with Crippen LogP contribution in [0, 0.1) is 6.92 Å². The highest BCUT2D eigenvalue weighted by Gasteiger charge is 2.27. The van der Waals surface area contributed by atoms with Crippen LogP contribution in [0.1, 0.15) is 18.5 Å². The summed E-state index contributed by atoms with van der Waals surface area (Å²) in [4.78, 5) is 11.0. The molecule has 0 spiro atoms. The van der Waals surface area contributed by atoms with E-state index in [0.717, 1.165) is 17.2 Å². The Balaban J connectivity index is 2.37. The highest BCUT2D eigenvalue weighted by molar-refractivity contribution is 7.10. The first-order valence-corrected chi connectivity index (χ1v) is 4.94. The van der Waals surface area contributed by atoms with Gasteiger partial charge in [-0.1, -0.05) is 0 Å². The number of alkyl halides is 3. The van der Waals surface area contributed by atoms with E-state index in [4.69, 9.17) is 0 Å². The summed E-state index contributed by atoms with van der Waals surface area (Å²) in [5.74, 6) is -0.643. The number of hydrogen-bond donors (Lipinski definition) is 1. The van der Waals surface area contributed by atoms with Crippen LogP contribution in [0.5, 0.6) is 0 Å². The molecule has 0 saturated heterocycles. The van der Waals surface area contributed by atoms with Crippen molar-refractivity contribution in [3.8, 4) is 0 Å². The van der Waals surface area contributed by atoms with Gasteiger partial charge in [0.2, 0.25) is 5.91 Å². The van der Waals surface area contributed by atoms with Crippen LogP contribution in [0.3, 0.4) is 0 Å². The maximum Gasteiger partial charge on any atom is 0.389 e. The molecular formula is C8H9F3N2OS. The lowest BCUT2D eigenvalue weighted by Crippen LogP contribution is -2.15. The third-order valence-corrected chi connectivity index (χ3v) is 2.32. The van der Waals surface area contributed by atoms with Crippen molar-refractivity contribution in [3.05, 3.63) is 11.8 Å². The fourth-order valence-corrected chi connectivity index (χ4v) is 1.56. The molecule has 0 aliphatic rings. The van der Waals surface area contributed by atoms with Crippen LogP contribution >= 0.6 is 11.5 Å². The molecule has 1 amide bonds. The van der Waals surface area contributed by atoms with Crippen molar-refractivity contribution in [1.82, 2.24) is 4.37 Å². The van der Waals surface area contributed by atoms with E-state index in [1.807, 2.05) is 0 Å². The Kier molecular flexibility index (Phi) is 3.67. The third-order valence-electron chi connectivity index (χ3n) is 1.53. The fourth-order valence-electron chi connectivity index (χ4n) is 0.878. The number of nitrogens with one attached hydrogen (secondary N) is 1. The van der Waals surface area contributed by atoms with Crippen LogP contribution in [-0.4, -0.2) is 16.5 Å². The molecule has 7 heteroatoms. The smallest absolute Gasteiger partial charge is 0.316 e. The minimum atomic E-state index is -4.29. The maximum absolute atomic E-state index is 11.8. The SMILES string of the molecule is Cc1cc(NC(=O)CCC(F)(F)F)sn1. The third kappa shape index (κ3) is 4.78. The average molecular weight is 238 g/mol. The van der Waals surface area contributed by atoms with Crippen LogP contribution in [0.2, 0.25) is 0 Å². The van der Waals surface area contributed by atoms with E-state index in [1.165, 1.54) is 0 Å². The Bertz CT molecular complexity index is 348. The summed E-state index contributed by atoms with van der Waals surface area (Å²) in [6.45, 7) is 1.74. The zero-order valence-electron chi connectivity index (χ0n) is 7.89. The quantitative estimate of drug-likeness (QED) is 0.879. The number of carbonyl (C=O) groups excluding carboxylic acids is 1. The Morgan fingerprint density at radius 1 is 1.60 bits per heavy atom. The number of carbonyl (C=O) groups is 1. The van der Waals surface area contributed by atoms with Crippen molar-refractivity contribution in [2.24, 2.45) is 0 Å². The van der Waals surface area contributed by atoms with Gasteiger partial charge in [-0.2, -0.15) is 17.5 Å². The highest BCUT2D eigenvalue weighted by Crippen LogP contribution is 2.22. The number of nitrogens with zero attached hydrogens (tertiary/aromatic N) is 1. The van der Waals surface area contributed by atoms with Gasteiger partial charge in [0.05, 0.1) is 12.1 Å². The van der Waals surface area contributed by atoms with Crippen molar-refractivity contribution < 1.29 is 18.0 Å². The number of hydrogen-bond acceptors (Lipinski definition) is 3. The first-order chi connectivity index (χ1) is 6.87. The monoisotopic (exact) mass is 238 g/mol. The summed E-state index contributed by atoms with van der Waals surface area (Å²) in [6, 6.07) is 1.61. The van der Waals surface area contributed by atoms with Crippen LogP contribution in [0.25, 0.3) is 0 Å². The van der Waals surface area contributed by atoms with Gasteiger partial charge < -0.3 is 5.32 Å². The fraction of sp³-hybridized carbons (Fsp3) is 0.500. The van der Waals surface area contributed by atoms with E-state index in [0.29, 0.717) is 5.00 Å². The zero-order valence-corrected chi connectivity index (χ0v) is 8.71. The molecule has 0 saturated carbocycles. The molecule has 0 aliphatic carbocycles. The Labute approximate surface area is 88.5 Å². The van der Waals surface area contributed by atoms with Gasteiger partial charge in [-0.25, -0.2) is 0 Å². The first-order valence-electron chi connectivity index (χ1n) is 4.17. The van der Waals surface area contributed by atoms with Gasteiger partial charge in [0.1, 0.15) is 5.00 Å². The van der Waals surface area contributed by atoms with Gasteiger partial charge in [0, 0.05) is 6.42 Å². The number of anilines is 1. The molecule has 0 unspecified atom stereocenters. The molecule has 15 heavy (non-hydrogen) atoms. The Morgan fingerprint density at radius 3 is 2.73 bits per heavy atom. The second-order valence-corrected chi connectivity index (χ2v) is 3.80. The van der Waals surface area contributed by atoms with E-state index in [-0.39, 0.29) is 0 Å². The van der Waals surface area contributed by atoms with Gasteiger partial charge >= 0.3 is 6.18 Å². The molecule has 0 aromatic carbocycles. The van der Waals surface area contributed by atoms with Gasteiger partial charge in [-0.15, -0.1) is 0 Å². The summed E-state index contributed by atoms with van der Waals surface area (Å²) in [6.07, 6.45) is -5.95. The number of halogens is 3. The molecular weight excluding hydrogens is 229 g/mol. The van der Waals surface area contributed by atoms with Crippen molar-refractivity contribution in [1.29, 1.82) is 0 Å². The number of aryl methyl sites for hydroxylation is 1. The van der Waals surface area contributed by atoms with Crippen LogP contribution < -0.4 is 5.32 Å². The number of amides is 1. The lowest BCUT2D eigenvalue weighted by molar-refractivity contribution is -0.142. The normalized spacial score (nSPS) is 11.5.